The SMILES string of the molecule is Cc1cccc(C)c1-n1nnnc1-c1cc(Cl)ccc1N. The summed E-state index contributed by atoms with van der Waals surface area (Å²) in [6, 6.07) is 11.3. The molecule has 0 aliphatic carbocycles. The van der Waals surface area contributed by atoms with Crippen molar-refractivity contribution in [2.24, 2.45) is 0 Å². The molecule has 0 amide bonds. The summed E-state index contributed by atoms with van der Waals surface area (Å²) < 4.78 is 1.70. The molecule has 5 nitrogen and oxygen atoms in total. The molecule has 106 valence electrons. The Balaban J connectivity index is 2.25. The van der Waals surface area contributed by atoms with E-state index in [0.717, 1.165) is 22.4 Å². The third kappa shape index (κ3) is 2.36. The van der Waals surface area contributed by atoms with Crippen molar-refractivity contribution in [3.8, 4) is 17.1 Å². The number of tetrazole rings is 1. The lowest BCUT2D eigenvalue weighted by Crippen LogP contribution is -2.05. The minimum atomic E-state index is 0.576. The van der Waals surface area contributed by atoms with Crippen molar-refractivity contribution < 1.29 is 0 Å². The lowest BCUT2D eigenvalue weighted by atomic mass is 10.1. The Morgan fingerprint density at radius 3 is 2.52 bits per heavy atom. The number of nitrogen functional groups attached to an aromatic ring is 1. The Hall–Kier alpha value is -2.40. The van der Waals surface area contributed by atoms with E-state index < -0.39 is 0 Å². The Morgan fingerprint density at radius 1 is 1.10 bits per heavy atom. The monoisotopic (exact) mass is 299 g/mol. The molecule has 0 bridgehead atoms. The van der Waals surface area contributed by atoms with Crippen LogP contribution in [0.3, 0.4) is 0 Å². The van der Waals surface area contributed by atoms with Crippen LogP contribution in [0.4, 0.5) is 5.69 Å². The first-order valence-electron chi connectivity index (χ1n) is 6.48. The van der Waals surface area contributed by atoms with Crippen LogP contribution in [0, 0.1) is 13.8 Å². The van der Waals surface area contributed by atoms with Gasteiger partial charge in [0.1, 0.15) is 0 Å². The molecular weight excluding hydrogens is 286 g/mol. The van der Waals surface area contributed by atoms with Gasteiger partial charge in [-0.05, 0) is 53.6 Å². The first-order valence-corrected chi connectivity index (χ1v) is 6.86. The van der Waals surface area contributed by atoms with Crippen LogP contribution in [0.2, 0.25) is 5.02 Å². The van der Waals surface area contributed by atoms with E-state index in [9.17, 15) is 0 Å². The standard InChI is InChI=1S/C15H14ClN5/c1-9-4-3-5-10(2)14(9)21-15(18-19-20-21)12-8-11(16)6-7-13(12)17/h3-8H,17H2,1-2H3. The normalized spacial score (nSPS) is 10.8. The number of aryl methyl sites for hydroxylation is 2. The van der Waals surface area contributed by atoms with Gasteiger partial charge in [0.15, 0.2) is 5.82 Å². The number of nitrogens with two attached hydrogens (primary N) is 1. The molecule has 6 heteroatoms. The zero-order valence-corrected chi connectivity index (χ0v) is 12.5. The second-order valence-corrected chi connectivity index (χ2v) is 5.32. The average Bonchev–Trinajstić information content (AvgIpc) is 2.90. The second-order valence-electron chi connectivity index (χ2n) is 4.89. The van der Waals surface area contributed by atoms with E-state index in [1.807, 2.05) is 32.0 Å². The van der Waals surface area contributed by atoms with Crippen LogP contribution in [0.1, 0.15) is 11.1 Å². The van der Waals surface area contributed by atoms with Gasteiger partial charge < -0.3 is 5.73 Å². The van der Waals surface area contributed by atoms with Gasteiger partial charge in [0, 0.05) is 16.3 Å². The number of rotatable bonds is 2. The highest BCUT2D eigenvalue weighted by molar-refractivity contribution is 6.31. The van der Waals surface area contributed by atoms with Crippen molar-refractivity contribution in [2.75, 3.05) is 5.73 Å². The Bertz CT molecular complexity index is 789. The predicted octanol–water partition coefficient (Wildman–Crippen LogP) is 3.18. The predicted molar refractivity (Wildman–Crippen MR) is 83.5 cm³/mol. The van der Waals surface area contributed by atoms with Crippen LogP contribution >= 0.6 is 11.6 Å². The van der Waals surface area contributed by atoms with Crippen molar-refractivity contribution in [3.05, 3.63) is 52.5 Å². The van der Waals surface area contributed by atoms with Crippen LogP contribution in [0.25, 0.3) is 17.1 Å². The number of halogens is 1. The van der Waals surface area contributed by atoms with Crippen molar-refractivity contribution >= 4 is 17.3 Å². The first kappa shape index (κ1) is 13.6. The van der Waals surface area contributed by atoms with E-state index in [0.29, 0.717) is 16.5 Å². The molecule has 0 saturated carbocycles. The number of anilines is 1. The average molecular weight is 300 g/mol. The molecule has 0 atom stereocenters. The number of hydrogen-bond acceptors (Lipinski definition) is 4. The van der Waals surface area contributed by atoms with Gasteiger partial charge in [0.2, 0.25) is 0 Å². The summed E-state index contributed by atoms with van der Waals surface area (Å²) in [5, 5.41) is 12.6. The highest BCUT2D eigenvalue weighted by Crippen LogP contribution is 2.29. The molecule has 21 heavy (non-hydrogen) atoms. The largest absolute Gasteiger partial charge is 0.398 e. The minimum absolute atomic E-state index is 0.576. The Labute approximate surface area is 127 Å². The molecule has 2 aromatic carbocycles. The Kier molecular flexibility index (Phi) is 3.35. The Morgan fingerprint density at radius 2 is 1.81 bits per heavy atom. The molecule has 0 spiro atoms. The van der Waals surface area contributed by atoms with Gasteiger partial charge in [-0.15, -0.1) is 5.10 Å². The fourth-order valence-corrected chi connectivity index (χ4v) is 2.54. The summed E-state index contributed by atoms with van der Waals surface area (Å²) in [6.07, 6.45) is 0. The van der Waals surface area contributed by atoms with Crippen LogP contribution in [0.15, 0.2) is 36.4 Å². The molecule has 1 heterocycles. The molecule has 0 unspecified atom stereocenters. The molecule has 2 N–H and O–H groups in total. The maximum Gasteiger partial charge on any atom is 0.189 e. The topological polar surface area (TPSA) is 69.6 Å². The number of nitrogens with zero attached hydrogens (tertiary/aromatic N) is 4. The fraction of sp³-hybridized carbons (Fsp3) is 0.133. The molecule has 0 aliphatic heterocycles. The zero-order valence-electron chi connectivity index (χ0n) is 11.7. The molecule has 0 fully saturated rings. The highest BCUT2D eigenvalue weighted by Gasteiger charge is 2.16. The third-order valence-electron chi connectivity index (χ3n) is 3.38. The highest BCUT2D eigenvalue weighted by atomic mass is 35.5. The molecular formula is C15H14ClN5. The lowest BCUT2D eigenvalue weighted by Gasteiger charge is -2.12. The van der Waals surface area contributed by atoms with Gasteiger partial charge in [-0.2, -0.15) is 4.68 Å². The van der Waals surface area contributed by atoms with E-state index in [-0.39, 0.29) is 0 Å². The molecule has 0 aliphatic rings. The lowest BCUT2D eigenvalue weighted by molar-refractivity contribution is 0.783. The fourth-order valence-electron chi connectivity index (χ4n) is 2.37. The van der Waals surface area contributed by atoms with E-state index in [2.05, 4.69) is 15.5 Å². The number of aromatic nitrogens is 4. The van der Waals surface area contributed by atoms with Gasteiger partial charge in [-0.1, -0.05) is 29.8 Å². The van der Waals surface area contributed by atoms with Gasteiger partial charge in [0.05, 0.1) is 5.69 Å². The molecule has 1 aromatic heterocycles. The quantitative estimate of drug-likeness (QED) is 0.738. The van der Waals surface area contributed by atoms with Gasteiger partial charge in [-0.25, -0.2) is 0 Å². The van der Waals surface area contributed by atoms with Crippen LogP contribution in [0.5, 0.6) is 0 Å². The smallest absolute Gasteiger partial charge is 0.189 e. The van der Waals surface area contributed by atoms with Crippen molar-refractivity contribution in [3.63, 3.8) is 0 Å². The number of para-hydroxylation sites is 1. The number of benzene rings is 2. The summed E-state index contributed by atoms with van der Waals surface area (Å²) in [5.41, 5.74) is 10.5. The van der Waals surface area contributed by atoms with Crippen molar-refractivity contribution in [1.29, 1.82) is 0 Å². The summed E-state index contributed by atoms with van der Waals surface area (Å²) in [6.45, 7) is 4.05. The molecule has 3 rings (SSSR count). The van der Waals surface area contributed by atoms with Crippen LogP contribution < -0.4 is 5.73 Å². The van der Waals surface area contributed by atoms with E-state index in [1.165, 1.54) is 0 Å². The summed E-state index contributed by atoms with van der Waals surface area (Å²) in [5.74, 6) is 0.576. The van der Waals surface area contributed by atoms with Gasteiger partial charge >= 0.3 is 0 Å². The summed E-state index contributed by atoms with van der Waals surface area (Å²) in [7, 11) is 0. The van der Waals surface area contributed by atoms with Crippen LogP contribution in [-0.2, 0) is 0 Å². The maximum absolute atomic E-state index is 6.06. The van der Waals surface area contributed by atoms with Crippen molar-refractivity contribution in [2.45, 2.75) is 13.8 Å². The van der Waals surface area contributed by atoms with E-state index in [4.69, 9.17) is 17.3 Å². The van der Waals surface area contributed by atoms with Gasteiger partial charge in [-0.3, -0.25) is 0 Å². The number of hydrogen-bond donors (Lipinski definition) is 1. The van der Waals surface area contributed by atoms with E-state index in [1.54, 1.807) is 22.9 Å². The van der Waals surface area contributed by atoms with E-state index >= 15 is 0 Å². The summed E-state index contributed by atoms with van der Waals surface area (Å²) in [4.78, 5) is 0. The zero-order chi connectivity index (χ0) is 15.0. The minimum Gasteiger partial charge on any atom is -0.398 e. The molecule has 0 saturated heterocycles. The summed E-state index contributed by atoms with van der Waals surface area (Å²) >= 11 is 6.06. The maximum atomic E-state index is 6.06. The second kappa shape index (κ2) is 5.18. The third-order valence-corrected chi connectivity index (χ3v) is 3.61. The van der Waals surface area contributed by atoms with Crippen molar-refractivity contribution in [1.82, 2.24) is 20.2 Å². The van der Waals surface area contributed by atoms with Gasteiger partial charge in [0.25, 0.3) is 0 Å². The van der Waals surface area contributed by atoms with Crippen LogP contribution in [-0.4, -0.2) is 20.2 Å². The first-order chi connectivity index (χ1) is 10.1. The molecule has 0 radical (unpaired) electrons. The molecule has 3 aromatic rings.